The molecule has 1 N–H and O–H groups in total. The van der Waals surface area contributed by atoms with E-state index in [2.05, 4.69) is 21.2 Å². The van der Waals surface area contributed by atoms with Gasteiger partial charge in [0, 0.05) is 30.0 Å². The van der Waals surface area contributed by atoms with E-state index in [0.29, 0.717) is 0 Å². The van der Waals surface area contributed by atoms with Crippen LogP contribution in [0.2, 0.25) is 0 Å². The molecule has 0 aliphatic carbocycles. The van der Waals surface area contributed by atoms with Gasteiger partial charge >= 0.3 is 0 Å². The fourth-order valence-corrected chi connectivity index (χ4v) is 5.90. The highest BCUT2D eigenvalue weighted by Gasteiger charge is 2.40. The highest BCUT2D eigenvalue weighted by Crippen LogP contribution is 2.30. The van der Waals surface area contributed by atoms with Gasteiger partial charge < -0.3 is 10.2 Å². The maximum Gasteiger partial charge on any atom is 0.269 e. The Bertz CT molecular complexity index is 1220. The van der Waals surface area contributed by atoms with Gasteiger partial charge in [-0.2, -0.15) is 0 Å². The van der Waals surface area contributed by atoms with Crippen molar-refractivity contribution >= 4 is 43.7 Å². The molecular formula is C25H30BrN3O5S. The number of hydrogen-bond acceptors (Lipinski definition) is 5. The number of nitrogens with zero attached hydrogens (tertiary/aromatic N) is 2. The Morgan fingerprint density at radius 2 is 1.83 bits per heavy atom. The molecule has 0 unspecified atom stereocenters. The molecule has 1 aliphatic rings. The van der Waals surface area contributed by atoms with Gasteiger partial charge in [0.2, 0.25) is 11.8 Å². The van der Waals surface area contributed by atoms with E-state index in [1.807, 2.05) is 38.1 Å². The number of halogens is 1. The van der Waals surface area contributed by atoms with Crippen LogP contribution in [0.15, 0.2) is 57.9 Å². The van der Waals surface area contributed by atoms with Crippen LogP contribution < -0.4 is 5.32 Å². The quantitative estimate of drug-likeness (QED) is 0.474. The molecule has 0 radical (unpaired) electrons. The highest BCUT2D eigenvalue weighted by atomic mass is 79.9. The summed E-state index contributed by atoms with van der Waals surface area (Å²) in [7, 11) is -3.92. The SMILES string of the molecule is CC[C@H](C)NC(=O)[C@H](C)N(Cc1cccc(Br)c1)C(=O)CCCN1C(=O)c2ccccc2S1(=O)=O. The number of benzene rings is 2. The summed E-state index contributed by atoms with van der Waals surface area (Å²) in [5.41, 5.74) is 0.995. The molecule has 3 rings (SSSR count). The number of carbonyl (C=O) groups is 3. The minimum absolute atomic E-state index is 0.00933. The molecular weight excluding hydrogens is 534 g/mol. The average molecular weight is 565 g/mol. The van der Waals surface area contributed by atoms with Crippen molar-refractivity contribution in [1.82, 2.24) is 14.5 Å². The van der Waals surface area contributed by atoms with Gasteiger partial charge in [-0.05, 0) is 56.5 Å². The molecule has 2 aromatic carbocycles. The van der Waals surface area contributed by atoms with E-state index in [0.717, 1.165) is 20.8 Å². The number of fused-ring (bicyclic) bond motifs is 1. The Morgan fingerprint density at radius 3 is 2.49 bits per heavy atom. The van der Waals surface area contributed by atoms with Crippen LogP contribution in [-0.4, -0.2) is 54.0 Å². The lowest BCUT2D eigenvalue weighted by Gasteiger charge is -2.30. The number of nitrogens with one attached hydrogen (secondary N) is 1. The largest absolute Gasteiger partial charge is 0.352 e. The van der Waals surface area contributed by atoms with Crippen LogP contribution in [0, 0.1) is 0 Å². The predicted octanol–water partition coefficient (Wildman–Crippen LogP) is 3.71. The molecule has 0 saturated carbocycles. The van der Waals surface area contributed by atoms with E-state index in [4.69, 9.17) is 0 Å². The fraction of sp³-hybridized carbons (Fsp3) is 0.400. The molecule has 1 aliphatic heterocycles. The van der Waals surface area contributed by atoms with E-state index >= 15 is 0 Å². The summed E-state index contributed by atoms with van der Waals surface area (Å²) in [4.78, 5) is 40.2. The second-order valence-corrected chi connectivity index (χ2v) is 11.4. The van der Waals surface area contributed by atoms with Crippen molar-refractivity contribution in [2.45, 2.75) is 63.6 Å². The minimum atomic E-state index is -3.92. The Morgan fingerprint density at radius 1 is 1.11 bits per heavy atom. The Balaban J connectivity index is 1.71. The molecule has 10 heteroatoms. The van der Waals surface area contributed by atoms with Gasteiger partial charge in [0.1, 0.15) is 10.9 Å². The highest BCUT2D eigenvalue weighted by molar-refractivity contribution is 9.10. The first kappa shape index (κ1) is 26.9. The number of amides is 3. The smallest absolute Gasteiger partial charge is 0.269 e. The predicted molar refractivity (Wildman–Crippen MR) is 136 cm³/mol. The molecule has 1 heterocycles. The lowest BCUT2D eigenvalue weighted by molar-refractivity contribution is -0.141. The first-order valence-corrected chi connectivity index (χ1v) is 13.8. The van der Waals surface area contributed by atoms with Crippen molar-refractivity contribution in [3.63, 3.8) is 0 Å². The summed E-state index contributed by atoms with van der Waals surface area (Å²) in [5.74, 6) is -1.13. The van der Waals surface area contributed by atoms with Crippen molar-refractivity contribution in [2.75, 3.05) is 6.54 Å². The van der Waals surface area contributed by atoms with Crippen molar-refractivity contribution in [2.24, 2.45) is 0 Å². The summed E-state index contributed by atoms with van der Waals surface area (Å²) in [6.07, 6.45) is 0.899. The van der Waals surface area contributed by atoms with Gasteiger partial charge in [0.25, 0.3) is 15.9 Å². The number of rotatable bonds is 10. The summed E-state index contributed by atoms with van der Waals surface area (Å²) in [5, 5.41) is 2.92. The van der Waals surface area contributed by atoms with Crippen LogP contribution in [-0.2, 0) is 26.2 Å². The van der Waals surface area contributed by atoms with Crippen molar-refractivity contribution in [1.29, 1.82) is 0 Å². The topological polar surface area (TPSA) is 104 Å². The van der Waals surface area contributed by atoms with Gasteiger partial charge in [0.05, 0.1) is 5.56 Å². The lowest BCUT2D eigenvalue weighted by atomic mass is 10.1. The standard InChI is InChI=1S/C25H30BrN3O5S/c1-4-17(2)27-24(31)18(3)28(16-19-9-7-10-20(26)15-19)23(30)13-8-14-29-25(32)21-11-5-6-12-22(21)35(29,33)34/h5-7,9-12,15,17-18H,4,8,13-14,16H2,1-3H3,(H,27,31)/t17-,18-/m0/s1. The van der Waals surface area contributed by atoms with E-state index < -0.39 is 22.0 Å². The first-order chi connectivity index (χ1) is 16.6. The molecule has 0 fully saturated rings. The molecule has 8 nitrogen and oxygen atoms in total. The van der Waals surface area contributed by atoms with Crippen molar-refractivity contribution in [3.05, 3.63) is 64.1 Å². The van der Waals surface area contributed by atoms with E-state index in [9.17, 15) is 22.8 Å². The van der Waals surface area contributed by atoms with Crippen LogP contribution >= 0.6 is 15.9 Å². The summed E-state index contributed by atoms with van der Waals surface area (Å²) in [6.45, 7) is 5.65. The second kappa shape index (κ2) is 11.3. The first-order valence-electron chi connectivity index (χ1n) is 11.6. The fourth-order valence-electron chi connectivity index (χ4n) is 3.85. The molecule has 3 amide bonds. The maximum absolute atomic E-state index is 13.2. The van der Waals surface area contributed by atoms with Crippen LogP contribution in [0.5, 0.6) is 0 Å². The van der Waals surface area contributed by atoms with Gasteiger partial charge in [-0.3, -0.25) is 14.4 Å². The van der Waals surface area contributed by atoms with E-state index in [-0.39, 0.29) is 54.2 Å². The Hall–Kier alpha value is -2.72. The summed E-state index contributed by atoms with van der Waals surface area (Å²) >= 11 is 3.43. The number of carbonyl (C=O) groups excluding carboxylic acids is 3. The second-order valence-electron chi connectivity index (χ2n) is 8.63. The molecule has 35 heavy (non-hydrogen) atoms. The zero-order valence-corrected chi connectivity index (χ0v) is 22.4. The van der Waals surface area contributed by atoms with Crippen LogP contribution in [0.4, 0.5) is 0 Å². The van der Waals surface area contributed by atoms with Gasteiger partial charge in [-0.25, -0.2) is 12.7 Å². The van der Waals surface area contributed by atoms with Crippen molar-refractivity contribution < 1.29 is 22.8 Å². The van der Waals surface area contributed by atoms with Crippen LogP contribution in [0.3, 0.4) is 0 Å². The van der Waals surface area contributed by atoms with E-state index in [1.165, 1.54) is 17.0 Å². The molecule has 2 aromatic rings. The molecule has 0 saturated heterocycles. The molecule has 0 spiro atoms. The monoisotopic (exact) mass is 563 g/mol. The molecule has 188 valence electrons. The summed E-state index contributed by atoms with van der Waals surface area (Å²) in [6, 6.07) is 12.8. The van der Waals surface area contributed by atoms with Gasteiger partial charge in [0.15, 0.2) is 0 Å². The van der Waals surface area contributed by atoms with E-state index in [1.54, 1.807) is 19.1 Å². The molecule has 0 bridgehead atoms. The zero-order valence-electron chi connectivity index (χ0n) is 20.0. The number of sulfonamides is 1. The van der Waals surface area contributed by atoms with Crippen molar-refractivity contribution in [3.8, 4) is 0 Å². The van der Waals surface area contributed by atoms with Crippen LogP contribution in [0.1, 0.15) is 56.0 Å². The summed E-state index contributed by atoms with van der Waals surface area (Å²) < 4.78 is 27.2. The minimum Gasteiger partial charge on any atom is -0.352 e. The van der Waals surface area contributed by atoms with Gasteiger partial charge in [-0.15, -0.1) is 0 Å². The number of hydrogen-bond donors (Lipinski definition) is 1. The Kier molecular flexibility index (Phi) is 8.71. The normalized spacial score (nSPS) is 15.9. The third kappa shape index (κ3) is 6.10. The van der Waals surface area contributed by atoms with Gasteiger partial charge in [-0.1, -0.05) is 47.1 Å². The lowest BCUT2D eigenvalue weighted by Crippen LogP contribution is -2.49. The third-order valence-electron chi connectivity index (χ3n) is 6.07. The zero-order chi connectivity index (χ0) is 25.8. The molecule has 2 atom stereocenters. The average Bonchev–Trinajstić information content (AvgIpc) is 3.02. The maximum atomic E-state index is 13.2. The Labute approximate surface area is 214 Å². The van der Waals surface area contributed by atoms with Crippen LogP contribution in [0.25, 0.3) is 0 Å². The molecule has 0 aromatic heterocycles. The third-order valence-corrected chi connectivity index (χ3v) is 8.41.